The van der Waals surface area contributed by atoms with Crippen LogP contribution in [-0.4, -0.2) is 33.2 Å². The Labute approximate surface area is 103 Å². The molecule has 0 fully saturated rings. The molecular weight excluding hydrogens is 242 g/mol. The molecule has 0 unspecified atom stereocenters. The zero-order valence-electron chi connectivity index (χ0n) is 10.5. The highest BCUT2D eigenvalue weighted by molar-refractivity contribution is 7.89. The van der Waals surface area contributed by atoms with Crippen LogP contribution in [0.1, 0.15) is 33.1 Å². The number of hydrogen-bond acceptors (Lipinski definition) is 4. The summed E-state index contributed by atoms with van der Waals surface area (Å²) in [4.78, 5) is 11.9. The topological polar surface area (TPSA) is 115 Å². The van der Waals surface area contributed by atoms with E-state index in [9.17, 15) is 13.2 Å². The molecule has 1 amide bonds. The smallest absolute Gasteiger partial charge is 0.227 e. The largest absolute Gasteiger partial charge is 0.356 e. The predicted octanol–water partition coefficient (Wildman–Crippen LogP) is -0.454. The van der Waals surface area contributed by atoms with Gasteiger partial charge in [-0.3, -0.25) is 4.79 Å². The van der Waals surface area contributed by atoms with E-state index in [1.165, 1.54) is 0 Å². The number of rotatable bonds is 8. The van der Waals surface area contributed by atoms with Gasteiger partial charge in [-0.2, -0.15) is 0 Å². The van der Waals surface area contributed by atoms with Gasteiger partial charge >= 0.3 is 0 Å². The molecule has 0 rings (SSSR count). The molecule has 0 spiro atoms. The summed E-state index contributed by atoms with van der Waals surface area (Å²) >= 11 is 0. The highest BCUT2D eigenvalue weighted by atomic mass is 32.2. The molecule has 0 atom stereocenters. The number of carbonyl (C=O) groups excluding carboxylic acids is 1. The normalized spacial score (nSPS) is 12.5. The Morgan fingerprint density at radius 1 is 1.29 bits per heavy atom. The molecule has 0 aromatic rings. The summed E-state index contributed by atoms with van der Waals surface area (Å²) in [6, 6.07) is 0. The zero-order chi connectivity index (χ0) is 13.5. The molecule has 102 valence electrons. The standard InChI is InChI=1S/C10H23N3O3S/c1-3-10(4-2,8-11)9(14)13-6-5-7-17(12,15)16/h3-8,11H2,1-2H3,(H,13,14)(H2,12,15,16). The SMILES string of the molecule is CCC(CC)(CN)C(=O)NCCCS(N)(=O)=O. The summed E-state index contributed by atoms with van der Waals surface area (Å²) < 4.78 is 21.4. The summed E-state index contributed by atoms with van der Waals surface area (Å²) in [6.07, 6.45) is 1.65. The van der Waals surface area contributed by atoms with Crippen molar-refractivity contribution in [2.45, 2.75) is 33.1 Å². The van der Waals surface area contributed by atoms with Crippen molar-refractivity contribution in [3.63, 3.8) is 0 Å². The van der Waals surface area contributed by atoms with E-state index in [1.807, 2.05) is 13.8 Å². The third-order valence-electron chi connectivity index (χ3n) is 3.12. The monoisotopic (exact) mass is 265 g/mol. The van der Waals surface area contributed by atoms with Gasteiger partial charge in [0.15, 0.2) is 0 Å². The van der Waals surface area contributed by atoms with Crippen molar-refractivity contribution in [3.8, 4) is 0 Å². The Morgan fingerprint density at radius 3 is 2.18 bits per heavy atom. The molecule has 0 radical (unpaired) electrons. The molecule has 7 heteroatoms. The van der Waals surface area contributed by atoms with Gasteiger partial charge in [-0.1, -0.05) is 13.8 Å². The van der Waals surface area contributed by atoms with E-state index in [4.69, 9.17) is 10.9 Å². The maximum absolute atomic E-state index is 11.9. The summed E-state index contributed by atoms with van der Waals surface area (Å²) in [5.41, 5.74) is 5.09. The van der Waals surface area contributed by atoms with Crippen LogP contribution in [0.25, 0.3) is 0 Å². The first-order valence-electron chi connectivity index (χ1n) is 5.80. The fourth-order valence-corrected chi connectivity index (χ4v) is 2.16. The van der Waals surface area contributed by atoms with Crippen LogP contribution < -0.4 is 16.2 Å². The Balaban J connectivity index is 4.17. The lowest BCUT2D eigenvalue weighted by atomic mass is 9.81. The maximum Gasteiger partial charge on any atom is 0.227 e. The summed E-state index contributed by atoms with van der Waals surface area (Å²) in [7, 11) is -3.45. The van der Waals surface area contributed by atoms with Crippen molar-refractivity contribution in [3.05, 3.63) is 0 Å². The Bertz CT molecular complexity index is 328. The minimum atomic E-state index is -3.45. The molecule has 0 aliphatic heterocycles. The van der Waals surface area contributed by atoms with Crippen LogP contribution in [0.2, 0.25) is 0 Å². The molecule has 6 nitrogen and oxygen atoms in total. The highest BCUT2D eigenvalue weighted by Gasteiger charge is 2.32. The first kappa shape index (κ1) is 16.3. The number of amides is 1. The van der Waals surface area contributed by atoms with Crippen LogP contribution in [0.4, 0.5) is 0 Å². The van der Waals surface area contributed by atoms with Gasteiger partial charge in [-0.05, 0) is 19.3 Å². The van der Waals surface area contributed by atoms with Gasteiger partial charge in [0.1, 0.15) is 0 Å². The minimum absolute atomic E-state index is 0.112. The molecule has 0 aliphatic rings. The second kappa shape index (κ2) is 6.93. The van der Waals surface area contributed by atoms with E-state index in [2.05, 4.69) is 5.32 Å². The Hall–Kier alpha value is -0.660. The molecular formula is C10H23N3O3S. The first-order valence-corrected chi connectivity index (χ1v) is 7.51. The number of carbonyl (C=O) groups is 1. The molecule has 5 N–H and O–H groups in total. The van der Waals surface area contributed by atoms with Crippen LogP contribution in [-0.2, 0) is 14.8 Å². The molecule has 0 saturated heterocycles. The van der Waals surface area contributed by atoms with Gasteiger partial charge in [0.05, 0.1) is 11.2 Å². The van der Waals surface area contributed by atoms with Crippen LogP contribution in [0, 0.1) is 5.41 Å². The number of sulfonamides is 1. The minimum Gasteiger partial charge on any atom is -0.356 e. The van der Waals surface area contributed by atoms with Crippen LogP contribution >= 0.6 is 0 Å². The van der Waals surface area contributed by atoms with Crippen molar-refractivity contribution in [2.24, 2.45) is 16.3 Å². The maximum atomic E-state index is 11.9. The quantitative estimate of drug-likeness (QED) is 0.515. The zero-order valence-corrected chi connectivity index (χ0v) is 11.3. The highest BCUT2D eigenvalue weighted by Crippen LogP contribution is 2.24. The number of primary sulfonamides is 1. The van der Waals surface area contributed by atoms with E-state index in [1.54, 1.807) is 0 Å². The van der Waals surface area contributed by atoms with E-state index < -0.39 is 15.4 Å². The van der Waals surface area contributed by atoms with Gasteiger partial charge in [-0.15, -0.1) is 0 Å². The Morgan fingerprint density at radius 2 is 1.82 bits per heavy atom. The number of hydrogen-bond donors (Lipinski definition) is 3. The van der Waals surface area contributed by atoms with Gasteiger partial charge < -0.3 is 11.1 Å². The van der Waals surface area contributed by atoms with E-state index in [-0.39, 0.29) is 11.7 Å². The van der Waals surface area contributed by atoms with E-state index in [0.29, 0.717) is 32.4 Å². The number of nitrogens with one attached hydrogen (secondary N) is 1. The fourth-order valence-electron chi connectivity index (χ4n) is 1.62. The van der Waals surface area contributed by atoms with Crippen molar-refractivity contribution in [1.82, 2.24) is 5.32 Å². The molecule has 0 saturated carbocycles. The van der Waals surface area contributed by atoms with Crippen LogP contribution in [0.15, 0.2) is 0 Å². The average molecular weight is 265 g/mol. The fraction of sp³-hybridized carbons (Fsp3) is 0.900. The van der Waals surface area contributed by atoms with Gasteiger partial charge in [0, 0.05) is 13.1 Å². The average Bonchev–Trinajstić information content (AvgIpc) is 2.26. The van der Waals surface area contributed by atoms with Crippen LogP contribution in [0.3, 0.4) is 0 Å². The van der Waals surface area contributed by atoms with Gasteiger partial charge in [-0.25, -0.2) is 13.6 Å². The van der Waals surface area contributed by atoms with Crippen molar-refractivity contribution in [1.29, 1.82) is 0 Å². The second-order valence-corrected chi connectivity index (χ2v) is 5.90. The van der Waals surface area contributed by atoms with E-state index >= 15 is 0 Å². The van der Waals surface area contributed by atoms with Gasteiger partial charge in [0.25, 0.3) is 0 Å². The predicted molar refractivity (Wildman–Crippen MR) is 67.7 cm³/mol. The summed E-state index contributed by atoms with van der Waals surface area (Å²) in [6.45, 7) is 4.43. The third kappa shape index (κ3) is 5.47. The van der Waals surface area contributed by atoms with Crippen molar-refractivity contribution < 1.29 is 13.2 Å². The number of nitrogens with two attached hydrogens (primary N) is 2. The molecule has 0 aliphatic carbocycles. The third-order valence-corrected chi connectivity index (χ3v) is 3.97. The second-order valence-electron chi connectivity index (χ2n) is 4.17. The molecule has 17 heavy (non-hydrogen) atoms. The van der Waals surface area contributed by atoms with Crippen molar-refractivity contribution in [2.75, 3.05) is 18.8 Å². The van der Waals surface area contributed by atoms with Crippen molar-refractivity contribution >= 4 is 15.9 Å². The van der Waals surface area contributed by atoms with Gasteiger partial charge in [0.2, 0.25) is 15.9 Å². The molecule has 0 aromatic carbocycles. The molecule has 0 heterocycles. The lowest BCUT2D eigenvalue weighted by Gasteiger charge is -2.28. The summed E-state index contributed by atoms with van der Waals surface area (Å²) in [5, 5.41) is 7.57. The molecule has 0 aromatic heterocycles. The lowest BCUT2D eigenvalue weighted by Crippen LogP contribution is -2.45. The first-order chi connectivity index (χ1) is 7.81. The molecule has 0 bridgehead atoms. The lowest BCUT2D eigenvalue weighted by molar-refractivity contribution is -0.131. The van der Waals surface area contributed by atoms with E-state index in [0.717, 1.165) is 0 Å². The van der Waals surface area contributed by atoms with Crippen LogP contribution in [0.5, 0.6) is 0 Å². The Kier molecular flexibility index (Phi) is 6.66. The summed E-state index contributed by atoms with van der Waals surface area (Å²) in [5.74, 6) is -0.236.